The van der Waals surface area contributed by atoms with Gasteiger partial charge in [-0.25, -0.2) is 0 Å². The average Bonchev–Trinajstić information content (AvgIpc) is 3.08. The van der Waals surface area contributed by atoms with Crippen LogP contribution in [0, 0.1) is 0 Å². The number of hydrogen-bond donors (Lipinski definition) is 2. The molecule has 48 heavy (non-hydrogen) atoms. The minimum absolute atomic E-state index is 0.193. The van der Waals surface area contributed by atoms with Crippen molar-refractivity contribution in [1.29, 1.82) is 0 Å². The summed E-state index contributed by atoms with van der Waals surface area (Å²) in [4.78, 5) is 24.3. The predicted molar refractivity (Wildman–Crippen MR) is 206 cm³/mol. The topological polar surface area (TPSA) is 105 Å². The monoisotopic (exact) mass is 677 g/mol. The molecule has 0 fully saturated rings. The number of ether oxygens (including phenoxy) is 2. The lowest BCUT2D eigenvalue weighted by Crippen LogP contribution is -2.49. The van der Waals surface area contributed by atoms with Gasteiger partial charge < -0.3 is 20.9 Å². The second-order valence-electron chi connectivity index (χ2n) is 14.2. The number of carbonyl (C=O) groups is 2. The van der Waals surface area contributed by atoms with E-state index in [4.69, 9.17) is 20.9 Å². The molecule has 0 aliphatic heterocycles. The summed E-state index contributed by atoms with van der Waals surface area (Å²) in [6.45, 7) is 5.26. The molecule has 0 aliphatic rings. The van der Waals surface area contributed by atoms with Crippen LogP contribution in [0.5, 0.6) is 0 Å². The van der Waals surface area contributed by atoms with Crippen LogP contribution in [0.3, 0.4) is 0 Å². The Morgan fingerprint density at radius 2 is 0.771 bits per heavy atom. The number of carbonyl (C=O) groups excluding carboxylic acids is 2. The minimum Gasteiger partial charge on any atom is -0.466 e. The number of allylic oxidation sites excluding steroid dienone is 4. The van der Waals surface area contributed by atoms with Gasteiger partial charge in [0.25, 0.3) is 0 Å². The molecule has 0 aromatic heterocycles. The van der Waals surface area contributed by atoms with E-state index >= 15 is 0 Å². The van der Waals surface area contributed by atoms with Crippen LogP contribution in [-0.4, -0.2) is 37.2 Å². The zero-order valence-electron chi connectivity index (χ0n) is 31.9. The molecule has 0 radical (unpaired) electrons. The van der Waals surface area contributed by atoms with Gasteiger partial charge in [-0.1, -0.05) is 154 Å². The number of unbranched alkanes of at least 4 members (excludes halogenated alkanes) is 22. The Labute approximate surface area is 298 Å². The Bertz CT molecular complexity index is 709. The van der Waals surface area contributed by atoms with Crippen LogP contribution < -0.4 is 11.5 Å². The van der Waals surface area contributed by atoms with E-state index in [9.17, 15) is 9.59 Å². The van der Waals surface area contributed by atoms with Crippen molar-refractivity contribution in [2.45, 2.75) is 212 Å². The Balaban J connectivity index is 3.69. The maximum Gasteiger partial charge on any atom is 0.305 e. The van der Waals surface area contributed by atoms with Crippen molar-refractivity contribution in [1.82, 2.24) is 0 Å². The number of esters is 2. The molecule has 0 spiro atoms. The Kier molecular flexibility index (Phi) is 35.3. The zero-order valence-corrected chi connectivity index (χ0v) is 31.9. The molecule has 4 N–H and O–H groups in total. The van der Waals surface area contributed by atoms with Crippen LogP contribution in [0.15, 0.2) is 24.3 Å². The lowest BCUT2D eigenvalue weighted by molar-refractivity contribution is -0.144. The van der Waals surface area contributed by atoms with Gasteiger partial charge in [-0.3, -0.25) is 9.59 Å². The lowest BCUT2D eigenvalue weighted by atomic mass is 9.93. The molecule has 0 bridgehead atoms. The highest BCUT2D eigenvalue weighted by atomic mass is 16.5. The van der Waals surface area contributed by atoms with E-state index in [2.05, 4.69) is 38.2 Å². The van der Waals surface area contributed by atoms with Gasteiger partial charge in [0.05, 0.1) is 13.2 Å². The normalized spacial score (nSPS) is 13.0. The van der Waals surface area contributed by atoms with Crippen molar-refractivity contribution in [2.24, 2.45) is 11.5 Å². The van der Waals surface area contributed by atoms with Crippen molar-refractivity contribution in [3.8, 4) is 0 Å². The Morgan fingerprint density at radius 1 is 0.479 bits per heavy atom. The summed E-state index contributed by atoms with van der Waals surface area (Å²) in [7, 11) is 0. The fraction of sp³-hybridized carbons (Fsp3) is 0.857. The number of rotatable bonds is 37. The first kappa shape index (κ1) is 46.3. The van der Waals surface area contributed by atoms with Crippen molar-refractivity contribution >= 4 is 11.9 Å². The molecule has 0 amide bonds. The highest BCUT2D eigenvalue weighted by Gasteiger charge is 2.24. The first-order chi connectivity index (χ1) is 23.5. The van der Waals surface area contributed by atoms with E-state index in [1.165, 1.54) is 128 Å². The second kappa shape index (κ2) is 36.6. The first-order valence-corrected chi connectivity index (χ1v) is 20.6. The summed E-state index contributed by atoms with van der Waals surface area (Å²) in [5.74, 6) is -0.386. The first-order valence-electron chi connectivity index (χ1n) is 20.6. The lowest BCUT2D eigenvalue weighted by Gasteiger charge is -2.27. The standard InChI is InChI=1S/C42H80N2O4/c1-3-5-7-9-11-13-15-17-19-21-23-25-27-29-31-33-40(45)47-37-35-42(44,39-43)36-38-48-41(46)34-32-30-28-26-24-22-20-18-16-14-12-10-8-6-4-2/h25-28H,3-24,29-39,43-44H2,1-2H3. The maximum atomic E-state index is 12.1. The Morgan fingerprint density at radius 3 is 1.08 bits per heavy atom. The minimum atomic E-state index is -0.713. The van der Waals surface area contributed by atoms with Gasteiger partial charge in [-0.05, 0) is 51.4 Å². The molecule has 6 nitrogen and oxygen atoms in total. The molecular formula is C42H80N2O4. The van der Waals surface area contributed by atoms with Crippen LogP contribution >= 0.6 is 0 Å². The number of nitrogens with two attached hydrogens (primary N) is 2. The molecule has 0 aromatic rings. The van der Waals surface area contributed by atoms with Gasteiger partial charge in [0.2, 0.25) is 0 Å². The maximum absolute atomic E-state index is 12.1. The summed E-state index contributed by atoms with van der Waals surface area (Å²) in [6, 6.07) is 0. The van der Waals surface area contributed by atoms with E-state index in [0.29, 0.717) is 25.7 Å². The molecule has 0 aromatic carbocycles. The van der Waals surface area contributed by atoms with Crippen LogP contribution in [0.1, 0.15) is 206 Å². The van der Waals surface area contributed by atoms with Gasteiger partial charge in [-0.2, -0.15) is 0 Å². The van der Waals surface area contributed by atoms with Crippen molar-refractivity contribution in [2.75, 3.05) is 19.8 Å². The molecule has 0 saturated carbocycles. The summed E-state index contributed by atoms with van der Waals surface area (Å²) >= 11 is 0. The third-order valence-electron chi connectivity index (χ3n) is 9.42. The van der Waals surface area contributed by atoms with Gasteiger partial charge in [0.15, 0.2) is 0 Å². The quantitative estimate of drug-likeness (QED) is 0.0385. The van der Waals surface area contributed by atoms with Crippen molar-refractivity contribution in [3.05, 3.63) is 24.3 Å². The molecule has 282 valence electrons. The predicted octanol–water partition coefficient (Wildman–Crippen LogP) is 11.6. The highest BCUT2D eigenvalue weighted by Crippen LogP contribution is 2.15. The zero-order chi connectivity index (χ0) is 35.2. The second-order valence-corrected chi connectivity index (χ2v) is 14.2. The van der Waals surface area contributed by atoms with Crippen molar-refractivity contribution < 1.29 is 19.1 Å². The fourth-order valence-corrected chi connectivity index (χ4v) is 5.91. The smallest absolute Gasteiger partial charge is 0.305 e. The average molecular weight is 677 g/mol. The van der Waals surface area contributed by atoms with Crippen LogP contribution in [0.4, 0.5) is 0 Å². The number of hydrogen-bond acceptors (Lipinski definition) is 6. The summed E-state index contributed by atoms with van der Waals surface area (Å²) < 4.78 is 10.8. The largest absolute Gasteiger partial charge is 0.466 e. The Hall–Kier alpha value is -1.66. The molecule has 0 heterocycles. The van der Waals surface area contributed by atoms with Gasteiger partial charge in [0.1, 0.15) is 0 Å². The van der Waals surface area contributed by atoms with E-state index in [-0.39, 0.29) is 31.7 Å². The van der Waals surface area contributed by atoms with E-state index < -0.39 is 5.54 Å². The summed E-state index contributed by atoms with van der Waals surface area (Å²) in [6.07, 6.45) is 43.5. The molecule has 0 aliphatic carbocycles. The SMILES string of the molecule is CCCCCCCCCCCCC=CCCCC(=O)OCCC(N)(CN)CCOC(=O)CCCC=CCCCCCCCCCCCC. The highest BCUT2D eigenvalue weighted by molar-refractivity contribution is 5.69. The third kappa shape index (κ3) is 34.2. The third-order valence-corrected chi connectivity index (χ3v) is 9.42. The summed E-state index contributed by atoms with van der Waals surface area (Å²) in [5.41, 5.74) is 11.6. The molecule has 0 unspecified atom stereocenters. The van der Waals surface area contributed by atoms with Gasteiger partial charge >= 0.3 is 11.9 Å². The fourth-order valence-electron chi connectivity index (χ4n) is 5.91. The molecule has 0 saturated heterocycles. The van der Waals surface area contributed by atoms with E-state index in [1.54, 1.807) is 0 Å². The van der Waals surface area contributed by atoms with E-state index in [1.807, 2.05) is 0 Å². The van der Waals surface area contributed by atoms with Crippen LogP contribution in [-0.2, 0) is 19.1 Å². The molecule has 0 atom stereocenters. The van der Waals surface area contributed by atoms with Gasteiger partial charge in [-0.15, -0.1) is 0 Å². The summed E-state index contributed by atoms with van der Waals surface area (Å²) in [5, 5.41) is 0. The molecule has 6 heteroatoms. The molecular weight excluding hydrogens is 596 g/mol. The van der Waals surface area contributed by atoms with E-state index in [0.717, 1.165) is 38.5 Å². The molecule has 0 rings (SSSR count). The van der Waals surface area contributed by atoms with Crippen molar-refractivity contribution in [3.63, 3.8) is 0 Å². The van der Waals surface area contributed by atoms with Gasteiger partial charge in [0, 0.05) is 37.8 Å². The van der Waals surface area contributed by atoms with Crippen LogP contribution in [0.2, 0.25) is 0 Å². The van der Waals surface area contributed by atoms with Crippen LogP contribution in [0.25, 0.3) is 0 Å².